The summed E-state index contributed by atoms with van der Waals surface area (Å²) in [5.41, 5.74) is 0.00348. The summed E-state index contributed by atoms with van der Waals surface area (Å²) in [4.78, 5) is 13.0. The van der Waals surface area contributed by atoms with Crippen LogP contribution < -0.4 is 0 Å². The number of hydrogen-bond donors (Lipinski definition) is 1. The lowest BCUT2D eigenvalue weighted by Gasteiger charge is -2.38. The van der Waals surface area contributed by atoms with E-state index in [0.717, 1.165) is 32.5 Å². The van der Waals surface area contributed by atoms with Gasteiger partial charge in [-0.15, -0.1) is 6.58 Å². The fourth-order valence-corrected chi connectivity index (χ4v) is 2.00. The molecule has 80 valence electrons. The molecule has 0 unspecified atom stereocenters. The molecule has 0 amide bonds. The smallest absolute Gasteiger partial charge is 0.303 e. The number of carbonyl (C=O) groups is 1. The first-order valence-electron chi connectivity index (χ1n) is 5.11. The van der Waals surface area contributed by atoms with Crippen LogP contribution in [0.4, 0.5) is 0 Å². The van der Waals surface area contributed by atoms with Gasteiger partial charge in [-0.1, -0.05) is 13.0 Å². The largest absolute Gasteiger partial charge is 0.481 e. The summed E-state index contributed by atoms with van der Waals surface area (Å²) in [6.07, 6.45) is 4.16. The Kier molecular flexibility index (Phi) is 3.69. The van der Waals surface area contributed by atoms with Gasteiger partial charge in [-0.3, -0.25) is 9.69 Å². The molecule has 14 heavy (non-hydrogen) atoms. The van der Waals surface area contributed by atoms with Gasteiger partial charge in [0.25, 0.3) is 0 Å². The van der Waals surface area contributed by atoms with Crippen LogP contribution in [0.1, 0.15) is 26.2 Å². The maximum atomic E-state index is 10.7. The lowest BCUT2D eigenvalue weighted by molar-refractivity contribution is -0.140. The average Bonchev–Trinajstić information content (AvgIpc) is 2.08. The molecule has 0 spiro atoms. The van der Waals surface area contributed by atoms with Gasteiger partial charge in [-0.2, -0.15) is 0 Å². The van der Waals surface area contributed by atoms with E-state index in [1.807, 2.05) is 6.08 Å². The molecule has 1 rings (SSSR count). The molecule has 0 aromatic heterocycles. The van der Waals surface area contributed by atoms with Gasteiger partial charge in [0.2, 0.25) is 0 Å². The van der Waals surface area contributed by atoms with Gasteiger partial charge in [0.15, 0.2) is 0 Å². The Hall–Kier alpha value is -0.830. The molecule has 3 nitrogen and oxygen atoms in total. The molecule has 0 saturated carbocycles. The van der Waals surface area contributed by atoms with E-state index in [1.54, 1.807) is 0 Å². The molecule has 0 radical (unpaired) electrons. The third kappa shape index (κ3) is 3.14. The zero-order chi connectivity index (χ0) is 10.6. The number of aliphatic carboxylic acids is 1. The van der Waals surface area contributed by atoms with Crippen LogP contribution in [-0.4, -0.2) is 35.6 Å². The van der Waals surface area contributed by atoms with E-state index in [1.165, 1.54) is 0 Å². The maximum Gasteiger partial charge on any atom is 0.303 e. The first kappa shape index (κ1) is 11.2. The van der Waals surface area contributed by atoms with Crippen LogP contribution in [0.3, 0.4) is 0 Å². The number of nitrogens with zero attached hydrogens (tertiary/aromatic N) is 1. The number of piperidine rings is 1. The Morgan fingerprint density at radius 3 is 2.57 bits per heavy atom. The Morgan fingerprint density at radius 2 is 2.14 bits per heavy atom. The number of rotatable bonds is 4. The molecule has 0 atom stereocenters. The second-order valence-electron chi connectivity index (χ2n) is 4.47. The molecule has 1 heterocycles. The van der Waals surface area contributed by atoms with Crippen molar-refractivity contribution in [1.29, 1.82) is 0 Å². The van der Waals surface area contributed by atoms with Crippen LogP contribution >= 0.6 is 0 Å². The molecular weight excluding hydrogens is 178 g/mol. The van der Waals surface area contributed by atoms with E-state index in [4.69, 9.17) is 5.11 Å². The van der Waals surface area contributed by atoms with Crippen LogP contribution in [0.15, 0.2) is 12.7 Å². The highest BCUT2D eigenvalue weighted by Gasteiger charge is 2.31. The monoisotopic (exact) mass is 197 g/mol. The lowest BCUT2D eigenvalue weighted by atomic mass is 9.77. The van der Waals surface area contributed by atoms with Crippen molar-refractivity contribution in [3.8, 4) is 0 Å². The topological polar surface area (TPSA) is 40.5 Å². The number of hydrogen-bond acceptors (Lipinski definition) is 2. The van der Waals surface area contributed by atoms with E-state index >= 15 is 0 Å². The molecule has 1 aliphatic heterocycles. The zero-order valence-electron chi connectivity index (χ0n) is 8.83. The lowest BCUT2D eigenvalue weighted by Crippen LogP contribution is -2.39. The molecule has 3 heteroatoms. The molecule has 0 aromatic rings. The van der Waals surface area contributed by atoms with Crippen LogP contribution in [0.2, 0.25) is 0 Å². The molecule has 1 fully saturated rings. The highest BCUT2D eigenvalue weighted by molar-refractivity contribution is 5.67. The fraction of sp³-hybridized carbons (Fsp3) is 0.727. The van der Waals surface area contributed by atoms with Gasteiger partial charge in [0, 0.05) is 6.54 Å². The number of likely N-dealkylation sites (tertiary alicyclic amines) is 1. The van der Waals surface area contributed by atoms with E-state index in [2.05, 4.69) is 18.4 Å². The fourth-order valence-electron chi connectivity index (χ4n) is 2.00. The first-order chi connectivity index (χ1) is 6.56. The number of carboxylic acid groups (broad SMARTS) is 1. The Bertz CT molecular complexity index is 217. The molecule has 1 N–H and O–H groups in total. The van der Waals surface area contributed by atoms with Crippen molar-refractivity contribution >= 4 is 5.97 Å². The van der Waals surface area contributed by atoms with Crippen molar-refractivity contribution in [2.75, 3.05) is 19.6 Å². The standard InChI is InChI=1S/C11H19NO2/c1-3-6-12-7-4-11(2,5-8-12)9-10(13)14/h3H,1,4-9H2,2H3,(H,13,14). The minimum atomic E-state index is -0.676. The van der Waals surface area contributed by atoms with Crippen molar-refractivity contribution in [3.63, 3.8) is 0 Å². The summed E-state index contributed by atoms with van der Waals surface area (Å²) < 4.78 is 0. The zero-order valence-corrected chi connectivity index (χ0v) is 8.83. The van der Waals surface area contributed by atoms with Crippen LogP contribution in [0, 0.1) is 5.41 Å². The summed E-state index contributed by atoms with van der Waals surface area (Å²) in [5.74, 6) is -0.676. The SMILES string of the molecule is C=CCN1CCC(C)(CC(=O)O)CC1. The number of carboxylic acids is 1. The predicted molar refractivity (Wildman–Crippen MR) is 56.2 cm³/mol. The van der Waals surface area contributed by atoms with Gasteiger partial charge in [0.05, 0.1) is 6.42 Å². The van der Waals surface area contributed by atoms with Crippen molar-refractivity contribution < 1.29 is 9.90 Å². The molecule has 0 aliphatic carbocycles. The quantitative estimate of drug-likeness (QED) is 0.698. The normalized spacial score (nSPS) is 21.8. The van der Waals surface area contributed by atoms with Crippen LogP contribution in [0.5, 0.6) is 0 Å². The van der Waals surface area contributed by atoms with Crippen LogP contribution in [-0.2, 0) is 4.79 Å². The molecule has 0 bridgehead atoms. The Morgan fingerprint density at radius 1 is 1.57 bits per heavy atom. The Balaban J connectivity index is 2.40. The summed E-state index contributed by atoms with van der Waals surface area (Å²) in [6, 6.07) is 0. The summed E-state index contributed by atoms with van der Waals surface area (Å²) >= 11 is 0. The summed E-state index contributed by atoms with van der Waals surface area (Å²) in [5, 5.41) is 8.77. The predicted octanol–water partition coefficient (Wildman–Crippen LogP) is 1.75. The second kappa shape index (κ2) is 4.60. The van der Waals surface area contributed by atoms with E-state index in [9.17, 15) is 4.79 Å². The van der Waals surface area contributed by atoms with Gasteiger partial charge >= 0.3 is 5.97 Å². The average molecular weight is 197 g/mol. The molecular formula is C11H19NO2. The molecule has 1 saturated heterocycles. The van der Waals surface area contributed by atoms with E-state index in [0.29, 0.717) is 6.42 Å². The Labute approximate surface area is 85.4 Å². The van der Waals surface area contributed by atoms with Gasteiger partial charge < -0.3 is 5.11 Å². The minimum absolute atomic E-state index is 0.00348. The first-order valence-corrected chi connectivity index (χ1v) is 5.11. The maximum absolute atomic E-state index is 10.7. The third-order valence-corrected chi connectivity index (χ3v) is 3.03. The highest BCUT2D eigenvalue weighted by atomic mass is 16.4. The molecule has 1 aliphatic rings. The van der Waals surface area contributed by atoms with Gasteiger partial charge in [-0.05, 0) is 31.3 Å². The van der Waals surface area contributed by atoms with Crippen molar-refractivity contribution in [2.45, 2.75) is 26.2 Å². The summed E-state index contributed by atoms with van der Waals surface area (Å²) in [6.45, 7) is 8.69. The van der Waals surface area contributed by atoms with Crippen LogP contribution in [0.25, 0.3) is 0 Å². The van der Waals surface area contributed by atoms with Gasteiger partial charge in [0.1, 0.15) is 0 Å². The second-order valence-corrected chi connectivity index (χ2v) is 4.47. The summed E-state index contributed by atoms with van der Waals surface area (Å²) in [7, 11) is 0. The van der Waals surface area contributed by atoms with E-state index < -0.39 is 5.97 Å². The third-order valence-electron chi connectivity index (χ3n) is 3.03. The minimum Gasteiger partial charge on any atom is -0.481 e. The highest BCUT2D eigenvalue weighted by Crippen LogP contribution is 2.34. The molecule has 0 aromatic carbocycles. The van der Waals surface area contributed by atoms with Crippen molar-refractivity contribution in [3.05, 3.63) is 12.7 Å². The van der Waals surface area contributed by atoms with Gasteiger partial charge in [-0.25, -0.2) is 0 Å². The van der Waals surface area contributed by atoms with Crippen molar-refractivity contribution in [2.24, 2.45) is 5.41 Å². The van der Waals surface area contributed by atoms with E-state index in [-0.39, 0.29) is 5.41 Å². The van der Waals surface area contributed by atoms with Crippen molar-refractivity contribution in [1.82, 2.24) is 4.90 Å².